The molecule has 0 N–H and O–H groups in total. The first kappa shape index (κ1) is 21.1. The molecule has 3 heteroatoms. The van der Waals surface area contributed by atoms with E-state index in [9.17, 15) is 4.79 Å². The standard InChI is InChI=1S/C28H28O3/c1-22(29)31-27-19-11-12-23(27)20-21-30-28(24-13-5-2-6-14-24,25-15-7-3-8-16-25)26-17-9-4-10-18-26/h2-11,13-19,23,27H,12,20-21H2,1H3. The summed E-state index contributed by atoms with van der Waals surface area (Å²) in [6.07, 6.45) is 5.62. The molecule has 0 saturated heterocycles. The summed E-state index contributed by atoms with van der Waals surface area (Å²) in [6.45, 7) is 2.01. The first-order valence-electron chi connectivity index (χ1n) is 10.8. The highest BCUT2D eigenvalue weighted by molar-refractivity contribution is 5.66. The van der Waals surface area contributed by atoms with Gasteiger partial charge in [0.05, 0.1) is 0 Å². The van der Waals surface area contributed by atoms with Crippen molar-refractivity contribution in [2.45, 2.75) is 31.5 Å². The minimum Gasteiger partial charge on any atom is -0.458 e. The number of hydrogen-bond acceptors (Lipinski definition) is 3. The van der Waals surface area contributed by atoms with Crippen molar-refractivity contribution in [1.29, 1.82) is 0 Å². The number of benzene rings is 3. The monoisotopic (exact) mass is 412 g/mol. The first-order chi connectivity index (χ1) is 15.2. The average molecular weight is 413 g/mol. The summed E-state index contributed by atoms with van der Waals surface area (Å²) in [5.74, 6) is -0.00130. The van der Waals surface area contributed by atoms with E-state index in [1.165, 1.54) is 6.92 Å². The highest BCUT2D eigenvalue weighted by atomic mass is 16.5. The van der Waals surface area contributed by atoms with E-state index >= 15 is 0 Å². The molecule has 0 bridgehead atoms. The average Bonchev–Trinajstić information content (AvgIpc) is 3.25. The van der Waals surface area contributed by atoms with Gasteiger partial charge in [-0.05, 0) is 35.6 Å². The zero-order valence-electron chi connectivity index (χ0n) is 17.8. The van der Waals surface area contributed by atoms with E-state index in [0.717, 1.165) is 29.5 Å². The molecule has 0 heterocycles. The summed E-state index contributed by atoms with van der Waals surface area (Å²) in [6, 6.07) is 31.1. The van der Waals surface area contributed by atoms with Gasteiger partial charge in [0.15, 0.2) is 0 Å². The van der Waals surface area contributed by atoms with Crippen LogP contribution in [0.25, 0.3) is 0 Å². The second kappa shape index (κ2) is 9.76. The Balaban J connectivity index is 1.67. The quantitative estimate of drug-likeness (QED) is 0.263. The van der Waals surface area contributed by atoms with E-state index in [-0.39, 0.29) is 18.0 Å². The van der Waals surface area contributed by atoms with Crippen molar-refractivity contribution >= 4 is 5.97 Å². The van der Waals surface area contributed by atoms with Crippen LogP contribution >= 0.6 is 0 Å². The highest BCUT2D eigenvalue weighted by Crippen LogP contribution is 2.41. The predicted molar refractivity (Wildman–Crippen MR) is 123 cm³/mol. The number of rotatable bonds is 8. The van der Waals surface area contributed by atoms with Gasteiger partial charge in [-0.3, -0.25) is 4.79 Å². The van der Waals surface area contributed by atoms with Crippen LogP contribution in [0.15, 0.2) is 103 Å². The van der Waals surface area contributed by atoms with Crippen LogP contribution in [0.1, 0.15) is 36.5 Å². The fraction of sp³-hybridized carbons (Fsp3) is 0.250. The van der Waals surface area contributed by atoms with E-state index in [1.54, 1.807) is 0 Å². The van der Waals surface area contributed by atoms with Crippen molar-refractivity contribution in [3.8, 4) is 0 Å². The predicted octanol–water partition coefficient (Wildman–Crippen LogP) is 5.89. The van der Waals surface area contributed by atoms with E-state index in [1.807, 2.05) is 24.3 Å². The molecule has 3 aromatic rings. The first-order valence-corrected chi connectivity index (χ1v) is 10.8. The van der Waals surface area contributed by atoms with E-state index in [4.69, 9.17) is 9.47 Å². The minimum atomic E-state index is -0.716. The molecule has 3 aromatic carbocycles. The van der Waals surface area contributed by atoms with Gasteiger partial charge in [0.1, 0.15) is 11.7 Å². The van der Waals surface area contributed by atoms with Crippen LogP contribution in [0, 0.1) is 5.92 Å². The van der Waals surface area contributed by atoms with Gasteiger partial charge < -0.3 is 9.47 Å². The Labute approximate surface area is 184 Å². The topological polar surface area (TPSA) is 35.5 Å². The lowest BCUT2D eigenvalue weighted by Crippen LogP contribution is -2.34. The fourth-order valence-electron chi connectivity index (χ4n) is 4.42. The lowest BCUT2D eigenvalue weighted by atomic mass is 9.80. The Kier molecular flexibility index (Phi) is 6.63. The largest absolute Gasteiger partial charge is 0.458 e. The number of carbonyl (C=O) groups excluding carboxylic acids is 1. The van der Waals surface area contributed by atoms with E-state index in [2.05, 4.69) is 78.9 Å². The molecule has 3 nitrogen and oxygen atoms in total. The van der Waals surface area contributed by atoms with Crippen LogP contribution in [-0.2, 0) is 19.9 Å². The third kappa shape index (κ3) is 4.62. The maximum Gasteiger partial charge on any atom is 0.303 e. The maximum absolute atomic E-state index is 11.4. The second-order valence-electron chi connectivity index (χ2n) is 7.91. The lowest BCUT2D eigenvalue weighted by molar-refractivity contribution is -0.146. The van der Waals surface area contributed by atoms with E-state index in [0.29, 0.717) is 6.61 Å². The summed E-state index contributed by atoms with van der Waals surface area (Å²) in [4.78, 5) is 11.4. The van der Waals surface area contributed by atoms with Crippen LogP contribution < -0.4 is 0 Å². The van der Waals surface area contributed by atoms with Gasteiger partial charge in [-0.15, -0.1) is 0 Å². The molecule has 0 radical (unpaired) electrons. The Morgan fingerprint density at radius 3 is 1.77 bits per heavy atom. The number of allylic oxidation sites excluding steroid dienone is 1. The zero-order chi connectivity index (χ0) is 21.5. The van der Waals surface area contributed by atoms with Gasteiger partial charge in [-0.2, -0.15) is 0 Å². The molecule has 0 saturated carbocycles. The molecule has 158 valence electrons. The van der Waals surface area contributed by atoms with Gasteiger partial charge in [-0.25, -0.2) is 0 Å². The molecule has 2 atom stereocenters. The minimum absolute atomic E-state index is 0.166. The Morgan fingerprint density at radius 2 is 1.32 bits per heavy atom. The maximum atomic E-state index is 11.4. The van der Waals surface area contributed by atoms with E-state index < -0.39 is 5.60 Å². The summed E-state index contributed by atoms with van der Waals surface area (Å²) in [5, 5.41) is 0. The van der Waals surface area contributed by atoms with Gasteiger partial charge in [-0.1, -0.05) is 97.1 Å². The second-order valence-corrected chi connectivity index (χ2v) is 7.91. The molecular weight excluding hydrogens is 384 g/mol. The summed E-state index contributed by atoms with van der Waals surface area (Å²) in [5.41, 5.74) is 2.56. The van der Waals surface area contributed by atoms with Gasteiger partial charge in [0.25, 0.3) is 0 Å². The summed E-state index contributed by atoms with van der Waals surface area (Å²) in [7, 11) is 0. The number of esters is 1. The van der Waals surface area contributed by atoms with Crippen LogP contribution in [0.2, 0.25) is 0 Å². The van der Waals surface area contributed by atoms with Crippen molar-refractivity contribution in [2.24, 2.45) is 5.92 Å². The molecule has 4 rings (SSSR count). The van der Waals surface area contributed by atoms with Crippen molar-refractivity contribution in [2.75, 3.05) is 6.61 Å². The highest BCUT2D eigenvalue weighted by Gasteiger charge is 2.38. The number of carbonyl (C=O) groups is 1. The Bertz CT molecular complexity index is 900. The van der Waals surface area contributed by atoms with Gasteiger partial charge >= 0.3 is 5.97 Å². The van der Waals surface area contributed by atoms with Crippen molar-refractivity contribution in [3.63, 3.8) is 0 Å². The molecule has 1 aliphatic carbocycles. The molecule has 0 fully saturated rings. The molecule has 31 heavy (non-hydrogen) atoms. The SMILES string of the molecule is CC(=O)OC1C=CCC1CCOC(c1ccccc1)(c1ccccc1)c1ccccc1. The summed E-state index contributed by atoms with van der Waals surface area (Å²) < 4.78 is 12.3. The smallest absolute Gasteiger partial charge is 0.303 e. The lowest BCUT2D eigenvalue weighted by Gasteiger charge is -2.36. The number of hydrogen-bond donors (Lipinski definition) is 0. The number of ether oxygens (including phenoxy) is 2. The third-order valence-corrected chi connectivity index (χ3v) is 5.88. The molecule has 2 unspecified atom stereocenters. The molecular formula is C28H28O3. The normalized spacial score (nSPS) is 18.1. The van der Waals surface area contributed by atoms with Crippen molar-refractivity contribution in [1.82, 2.24) is 0 Å². The van der Waals surface area contributed by atoms with Gasteiger partial charge in [0.2, 0.25) is 0 Å². The molecule has 0 amide bonds. The molecule has 0 aromatic heterocycles. The third-order valence-electron chi connectivity index (χ3n) is 5.88. The van der Waals surface area contributed by atoms with Crippen LogP contribution in [-0.4, -0.2) is 18.7 Å². The molecule has 0 spiro atoms. The van der Waals surface area contributed by atoms with Crippen LogP contribution in [0.5, 0.6) is 0 Å². The van der Waals surface area contributed by atoms with Gasteiger partial charge in [0, 0.05) is 19.4 Å². The molecule has 1 aliphatic rings. The fourth-order valence-corrected chi connectivity index (χ4v) is 4.42. The Hall–Kier alpha value is -3.17. The van der Waals surface area contributed by atoms with Crippen LogP contribution in [0.4, 0.5) is 0 Å². The Morgan fingerprint density at radius 1 is 0.839 bits per heavy atom. The van der Waals surface area contributed by atoms with Crippen LogP contribution in [0.3, 0.4) is 0 Å². The van der Waals surface area contributed by atoms with Crippen molar-refractivity contribution < 1.29 is 14.3 Å². The van der Waals surface area contributed by atoms with Crippen molar-refractivity contribution in [3.05, 3.63) is 120 Å². The zero-order valence-corrected chi connectivity index (χ0v) is 17.8. The molecule has 0 aliphatic heterocycles. The summed E-state index contributed by atoms with van der Waals surface area (Å²) >= 11 is 0.